The average Bonchev–Trinajstić information content (AvgIpc) is 3.05. The Hall–Kier alpha value is -1.67. The minimum Gasteiger partial charge on any atom is -0.444 e. The van der Waals surface area contributed by atoms with Crippen LogP contribution in [0.25, 0.3) is 0 Å². The molecule has 0 amide bonds. The summed E-state index contributed by atoms with van der Waals surface area (Å²) in [6.45, 7) is 3.84. The van der Waals surface area contributed by atoms with Gasteiger partial charge in [0.05, 0.1) is 18.9 Å². The van der Waals surface area contributed by atoms with Crippen LogP contribution in [0.5, 0.6) is 0 Å². The van der Waals surface area contributed by atoms with Crippen molar-refractivity contribution in [3.05, 3.63) is 29.9 Å². The Morgan fingerprint density at radius 2 is 2.05 bits per heavy atom. The van der Waals surface area contributed by atoms with Crippen LogP contribution in [0.15, 0.2) is 21.8 Å². The molecule has 0 aliphatic heterocycles. The van der Waals surface area contributed by atoms with E-state index in [4.69, 9.17) is 4.42 Å². The molecule has 0 spiro atoms. The first-order valence-corrected chi connectivity index (χ1v) is 7.50. The fourth-order valence-electron chi connectivity index (χ4n) is 1.49. The van der Waals surface area contributed by atoms with Crippen molar-refractivity contribution in [3.63, 3.8) is 0 Å². The van der Waals surface area contributed by atoms with Crippen LogP contribution in [0, 0.1) is 0 Å². The molecule has 8 heteroatoms. The summed E-state index contributed by atoms with van der Waals surface area (Å²) in [6, 6.07) is 0. The topological polar surface area (TPSA) is 101 Å². The van der Waals surface area contributed by atoms with E-state index in [0.717, 1.165) is 12.2 Å². The summed E-state index contributed by atoms with van der Waals surface area (Å²) in [5, 5.41) is 0.0478. The van der Waals surface area contributed by atoms with Crippen LogP contribution in [0.3, 0.4) is 0 Å². The van der Waals surface area contributed by atoms with Gasteiger partial charge in [-0.3, -0.25) is 0 Å². The number of nitrogens with one attached hydrogen (secondary N) is 2. The molecule has 0 saturated heterocycles. The van der Waals surface area contributed by atoms with Gasteiger partial charge in [0.2, 0.25) is 5.89 Å². The van der Waals surface area contributed by atoms with E-state index in [0.29, 0.717) is 18.1 Å². The second kappa shape index (κ2) is 5.54. The van der Waals surface area contributed by atoms with Crippen molar-refractivity contribution >= 4 is 10.0 Å². The van der Waals surface area contributed by atoms with Crippen molar-refractivity contribution in [2.24, 2.45) is 0 Å². The molecule has 2 heterocycles. The predicted octanol–water partition coefficient (Wildman–Crippen LogP) is 1.00. The smallest absolute Gasteiger partial charge is 0.258 e. The van der Waals surface area contributed by atoms with Crippen LogP contribution in [-0.2, 0) is 29.4 Å². The van der Waals surface area contributed by atoms with Gasteiger partial charge in [0.1, 0.15) is 11.6 Å². The molecule has 2 N–H and O–H groups in total. The minimum atomic E-state index is -3.61. The molecule has 0 aliphatic carbocycles. The summed E-state index contributed by atoms with van der Waals surface area (Å²) in [5.74, 6) is 1.70. The Morgan fingerprint density at radius 3 is 2.63 bits per heavy atom. The molecule has 104 valence electrons. The molecule has 0 aromatic carbocycles. The first-order valence-electron chi connectivity index (χ1n) is 6.02. The molecule has 19 heavy (non-hydrogen) atoms. The van der Waals surface area contributed by atoms with Gasteiger partial charge < -0.3 is 9.40 Å². The van der Waals surface area contributed by atoms with E-state index in [9.17, 15) is 8.42 Å². The van der Waals surface area contributed by atoms with Crippen molar-refractivity contribution in [2.75, 3.05) is 0 Å². The van der Waals surface area contributed by atoms with Gasteiger partial charge in [-0.2, -0.15) is 0 Å². The highest BCUT2D eigenvalue weighted by molar-refractivity contribution is 7.89. The van der Waals surface area contributed by atoms with Gasteiger partial charge >= 0.3 is 0 Å². The molecule has 0 saturated carbocycles. The number of nitrogens with zero attached hydrogens (tertiary/aromatic N) is 2. The summed E-state index contributed by atoms with van der Waals surface area (Å²) >= 11 is 0. The van der Waals surface area contributed by atoms with E-state index in [2.05, 4.69) is 19.7 Å². The Kier molecular flexibility index (Phi) is 4.01. The number of sulfonamides is 1. The number of aryl methyl sites for hydroxylation is 2. The summed E-state index contributed by atoms with van der Waals surface area (Å²) < 4.78 is 31.7. The number of hydrogen-bond acceptors (Lipinski definition) is 5. The maximum Gasteiger partial charge on any atom is 0.258 e. The Labute approximate surface area is 111 Å². The van der Waals surface area contributed by atoms with E-state index < -0.39 is 10.0 Å². The Balaban J connectivity index is 2.05. The lowest BCUT2D eigenvalue weighted by atomic mass is 10.4. The first kappa shape index (κ1) is 13.8. The van der Waals surface area contributed by atoms with Crippen molar-refractivity contribution < 1.29 is 12.8 Å². The van der Waals surface area contributed by atoms with Crippen molar-refractivity contribution in [2.45, 2.75) is 38.3 Å². The lowest BCUT2D eigenvalue weighted by Crippen LogP contribution is -2.23. The molecule has 2 aromatic rings. The quantitative estimate of drug-likeness (QED) is 0.824. The van der Waals surface area contributed by atoms with E-state index >= 15 is 0 Å². The zero-order valence-corrected chi connectivity index (χ0v) is 11.6. The molecule has 7 nitrogen and oxygen atoms in total. The normalized spacial score (nSPS) is 11.9. The van der Waals surface area contributed by atoms with Gasteiger partial charge in [-0.15, -0.1) is 0 Å². The van der Waals surface area contributed by atoms with Crippen LogP contribution in [-0.4, -0.2) is 23.4 Å². The lowest BCUT2D eigenvalue weighted by molar-refractivity contribution is 0.452. The van der Waals surface area contributed by atoms with E-state index in [1.54, 1.807) is 6.20 Å². The van der Waals surface area contributed by atoms with Gasteiger partial charge in [-0.25, -0.2) is 23.1 Å². The maximum atomic E-state index is 12.0. The van der Waals surface area contributed by atoms with Gasteiger partial charge in [0.15, 0.2) is 5.03 Å². The lowest BCUT2D eigenvalue weighted by Gasteiger charge is -2.01. The number of hydrogen-bond donors (Lipinski definition) is 2. The molecule has 2 aromatic heterocycles. The third-order valence-electron chi connectivity index (χ3n) is 2.59. The number of H-pyrrole nitrogens is 1. The van der Waals surface area contributed by atoms with Crippen LogP contribution < -0.4 is 4.72 Å². The van der Waals surface area contributed by atoms with Crippen molar-refractivity contribution in [1.29, 1.82) is 0 Å². The highest BCUT2D eigenvalue weighted by Gasteiger charge is 2.17. The third kappa shape index (κ3) is 3.21. The van der Waals surface area contributed by atoms with E-state index in [1.807, 2.05) is 13.8 Å². The highest BCUT2D eigenvalue weighted by Crippen LogP contribution is 2.08. The van der Waals surface area contributed by atoms with Crippen molar-refractivity contribution in [3.8, 4) is 0 Å². The fourth-order valence-corrected chi connectivity index (χ4v) is 2.40. The van der Waals surface area contributed by atoms with Crippen LogP contribution >= 0.6 is 0 Å². The molecule has 0 fully saturated rings. The van der Waals surface area contributed by atoms with Gasteiger partial charge in [0, 0.05) is 12.8 Å². The molecule has 0 bridgehead atoms. The largest absolute Gasteiger partial charge is 0.444 e. The van der Waals surface area contributed by atoms with E-state index in [-0.39, 0.29) is 11.6 Å². The number of oxazole rings is 1. The highest BCUT2D eigenvalue weighted by atomic mass is 32.2. The average molecular weight is 284 g/mol. The number of rotatable bonds is 6. The van der Waals surface area contributed by atoms with Crippen LogP contribution in [0.2, 0.25) is 0 Å². The minimum absolute atomic E-state index is 0.0167. The van der Waals surface area contributed by atoms with Gasteiger partial charge in [0.25, 0.3) is 10.0 Å². The molecular weight excluding hydrogens is 268 g/mol. The van der Waals surface area contributed by atoms with E-state index in [1.165, 1.54) is 6.20 Å². The fraction of sp³-hybridized carbons (Fsp3) is 0.455. The number of aromatic amines is 1. The second-order valence-corrected chi connectivity index (χ2v) is 5.68. The zero-order chi connectivity index (χ0) is 13.9. The second-order valence-electron chi connectivity index (χ2n) is 3.95. The summed E-state index contributed by atoms with van der Waals surface area (Å²) in [6.07, 6.45) is 4.26. The summed E-state index contributed by atoms with van der Waals surface area (Å²) in [7, 11) is -3.61. The number of aromatic nitrogens is 3. The Bertz CT molecular complexity index is 644. The molecule has 0 atom stereocenters. The molecule has 2 rings (SSSR count). The molecule has 0 aliphatic rings. The molecule has 0 radical (unpaired) electrons. The predicted molar refractivity (Wildman–Crippen MR) is 67.9 cm³/mol. The summed E-state index contributed by atoms with van der Waals surface area (Å²) in [4.78, 5) is 10.7. The van der Waals surface area contributed by atoms with Crippen LogP contribution in [0.4, 0.5) is 0 Å². The first-order chi connectivity index (χ1) is 9.05. The monoisotopic (exact) mass is 284 g/mol. The zero-order valence-electron chi connectivity index (χ0n) is 10.8. The van der Waals surface area contributed by atoms with Crippen LogP contribution in [0.1, 0.15) is 31.3 Å². The van der Waals surface area contributed by atoms with Gasteiger partial charge in [-0.1, -0.05) is 13.8 Å². The third-order valence-corrected chi connectivity index (χ3v) is 3.90. The number of imidazole rings is 1. The SMILES string of the molecule is CCc1ncc(S(=O)(=O)NCc2ncc(CC)o2)[nH]1. The van der Waals surface area contributed by atoms with Crippen molar-refractivity contribution in [1.82, 2.24) is 19.7 Å². The molecule has 0 unspecified atom stereocenters. The standard InChI is InChI=1S/C11H16N4O3S/c1-3-8-5-13-10(18-8)6-14-19(16,17)11-7-12-9(4-2)15-11/h5,7,14H,3-4,6H2,1-2H3,(H,12,15). The maximum absolute atomic E-state index is 12.0. The van der Waals surface area contributed by atoms with Gasteiger partial charge in [-0.05, 0) is 0 Å². The Morgan fingerprint density at radius 1 is 1.26 bits per heavy atom. The summed E-state index contributed by atoms with van der Waals surface area (Å²) in [5.41, 5.74) is 0. The molecular formula is C11H16N4O3S.